The van der Waals surface area contributed by atoms with Crippen LogP contribution in [0.4, 0.5) is 9.18 Å². The number of amides is 1. The molecule has 1 amide bonds. The lowest BCUT2D eigenvalue weighted by atomic mass is 9.86. The van der Waals surface area contributed by atoms with Gasteiger partial charge in [-0.15, -0.1) is 0 Å². The molecule has 0 fully saturated rings. The first kappa shape index (κ1) is 34.4. The molecule has 14 heteroatoms. The minimum absolute atomic E-state index is 0.0285. The van der Waals surface area contributed by atoms with Gasteiger partial charge in [0, 0.05) is 29.1 Å². The SMILES string of the molecule is CC[C@@]1(O)C(=O)OCc2c1cc1n(c2=O)Cc2cc3c(CCCNC(=O)OCCOCCOCCOCCO)c(C)c(F)cc3nc2-1. The molecule has 3 N–H and O–H groups in total. The number of nitrogens with one attached hydrogen (secondary N) is 1. The van der Waals surface area contributed by atoms with E-state index in [1.165, 1.54) is 6.07 Å². The van der Waals surface area contributed by atoms with E-state index in [2.05, 4.69) is 5.32 Å². The molecular formula is C33H40FN3O10. The molecule has 0 saturated heterocycles. The number of carbonyl (C=O) groups excluding carboxylic acids is 2. The number of rotatable bonds is 16. The zero-order chi connectivity index (χ0) is 33.6. The van der Waals surface area contributed by atoms with Crippen molar-refractivity contribution in [3.8, 4) is 11.4 Å². The average Bonchev–Trinajstić information content (AvgIpc) is 3.42. The van der Waals surface area contributed by atoms with Crippen LogP contribution >= 0.6 is 0 Å². The Labute approximate surface area is 270 Å². The van der Waals surface area contributed by atoms with E-state index in [1.807, 2.05) is 6.07 Å². The van der Waals surface area contributed by atoms with Crippen molar-refractivity contribution in [3.05, 3.63) is 62.2 Å². The molecule has 254 valence electrons. The second-order valence-electron chi connectivity index (χ2n) is 11.4. The molecule has 13 nitrogen and oxygen atoms in total. The summed E-state index contributed by atoms with van der Waals surface area (Å²) in [4.78, 5) is 42.8. The van der Waals surface area contributed by atoms with Gasteiger partial charge in [0.25, 0.3) is 5.56 Å². The molecular weight excluding hydrogens is 617 g/mol. The number of nitrogens with zero attached hydrogens (tertiary/aromatic N) is 2. The number of fused-ring (bicyclic) bond motifs is 5. The number of aromatic nitrogens is 2. The minimum atomic E-state index is -1.93. The molecule has 1 aromatic carbocycles. The van der Waals surface area contributed by atoms with E-state index in [4.69, 9.17) is 33.8 Å². The first-order valence-electron chi connectivity index (χ1n) is 15.7. The lowest BCUT2D eigenvalue weighted by Gasteiger charge is -2.31. The highest BCUT2D eigenvalue weighted by molar-refractivity contribution is 5.89. The topological polar surface area (TPSA) is 168 Å². The number of alkyl carbamates (subject to hydrolysis) is 1. The first-order valence-corrected chi connectivity index (χ1v) is 15.7. The number of aliphatic hydroxyl groups excluding tert-OH is 1. The third-order valence-electron chi connectivity index (χ3n) is 8.46. The van der Waals surface area contributed by atoms with Crippen molar-refractivity contribution in [3.63, 3.8) is 0 Å². The van der Waals surface area contributed by atoms with Gasteiger partial charge in [-0.1, -0.05) is 6.92 Å². The lowest BCUT2D eigenvalue weighted by Crippen LogP contribution is -2.44. The van der Waals surface area contributed by atoms with Crippen LogP contribution in [0.25, 0.3) is 22.3 Å². The fourth-order valence-electron chi connectivity index (χ4n) is 5.89. The number of benzene rings is 1. The van der Waals surface area contributed by atoms with E-state index >= 15 is 4.39 Å². The quantitative estimate of drug-likeness (QED) is 0.119. The van der Waals surface area contributed by atoms with Gasteiger partial charge < -0.3 is 43.8 Å². The standard InChI is InChI=1S/C33H40FN3O10/c1-3-33(42)25-16-28-29-21(18-37(28)30(39)24(25)19-47-31(33)40)15-23-22(20(2)26(34)17-27(23)36-29)5-4-6-35-32(41)46-14-13-45-12-11-44-10-9-43-8-7-38/h15-17,38,42H,3-14,18-19H2,1-2H3,(H,35,41)/t33-/m0/s1. The summed E-state index contributed by atoms with van der Waals surface area (Å²) in [5.41, 5.74) is 1.52. The molecule has 2 aliphatic heterocycles. The Balaban J connectivity index is 1.18. The summed E-state index contributed by atoms with van der Waals surface area (Å²) < 4.78 is 42.7. The van der Waals surface area contributed by atoms with Crippen LogP contribution in [0.3, 0.4) is 0 Å². The molecule has 2 aromatic heterocycles. The number of cyclic esters (lactones) is 1. The monoisotopic (exact) mass is 657 g/mol. The largest absolute Gasteiger partial charge is 0.458 e. The van der Waals surface area contributed by atoms with Crippen LogP contribution in [0.15, 0.2) is 23.0 Å². The van der Waals surface area contributed by atoms with Crippen LogP contribution in [-0.4, -0.2) is 91.2 Å². The number of hydrogen-bond acceptors (Lipinski definition) is 11. The van der Waals surface area contributed by atoms with Gasteiger partial charge >= 0.3 is 12.1 Å². The maximum absolute atomic E-state index is 15.1. The van der Waals surface area contributed by atoms with Crippen molar-refractivity contribution in [1.29, 1.82) is 0 Å². The predicted molar refractivity (Wildman–Crippen MR) is 166 cm³/mol. The molecule has 0 spiro atoms. The first-order chi connectivity index (χ1) is 22.7. The highest BCUT2D eigenvalue weighted by Gasteiger charge is 2.45. The number of halogens is 1. The van der Waals surface area contributed by atoms with Crippen LogP contribution in [-0.2, 0) is 53.7 Å². The fraction of sp³-hybridized carbons (Fsp3) is 0.515. The van der Waals surface area contributed by atoms with Gasteiger partial charge in [0.05, 0.1) is 75.3 Å². The maximum atomic E-state index is 15.1. The smallest absolute Gasteiger partial charge is 0.407 e. The molecule has 0 saturated carbocycles. The molecule has 0 aliphatic carbocycles. The Morgan fingerprint density at radius 1 is 1.09 bits per heavy atom. The molecule has 1 atom stereocenters. The number of hydrogen-bond donors (Lipinski definition) is 3. The van der Waals surface area contributed by atoms with Crippen molar-refractivity contribution in [1.82, 2.24) is 14.9 Å². The second kappa shape index (κ2) is 15.3. The summed E-state index contributed by atoms with van der Waals surface area (Å²) in [5, 5.41) is 23.2. The van der Waals surface area contributed by atoms with Crippen LogP contribution in [0.2, 0.25) is 0 Å². The number of carbonyl (C=O) groups is 2. The van der Waals surface area contributed by atoms with E-state index in [9.17, 15) is 19.5 Å². The van der Waals surface area contributed by atoms with Crippen molar-refractivity contribution in [2.45, 2.75) is 51.9 Å². The molecule has 47 heavy (non-hydrogen) atoms. The van der Waals surface area contributed by atoms with Crippen LogP contribution in [0.5, 0.6) is 0 Å². The highest BCUT2D eigenvalue weighted by atomic mass is 19.1. The summed E-state index contributed by atoms with van der Waals surface area (Å²) in [7, 11) is 0. The van der Waals surface area contributed by atoms with Gasteiger partial charge in [-0.3, -0.25) is 4.79 Å². The van der Waals surface area contributed by atoms with Gasteiger partial charge in [0.2, 0.25) is 0 Å². The van der Waals surface area contributed by atoms with Crippen molar-refractivity contribution >= 4 is 23.0 Å². The third-order valence-corrected chi connectivity index (χ3v) is 8.46. The van der Waals surface area contributed by atoms with Gasteiger partial charge in [-0.05, 0) is 49.4 Å². The van der Waals surface area contributed by atoms with Gasteiger partial charge in [-0.2, -0.15) is 0 Å². The molecule has 2 aliphatic rings. The Bertz CT molecular complexity index is 1690. The zero-order valence-electron chi connectivity index (χ0n) is 26.6. The zero-order valence-corrected chi connectivity index (χ0v) is 26.6. The van der Waals surface area contributed by atoms with Gasteiger partial charge in [0.15, 0.2) is 5.60 Å². The van der Waals surface area contributed by atoms with E-state index in [-0.39, 0.29) is 62.7 Å². The minimum Gasteiger partial charge on any atom is -0.458 e. The third kappa shape index (κ3) is 7.31. The van der Waals surface area contributed by atoms with Crippen LogP contribution in [0, 0.1) is 12.7 Å². The van der Waals surface area contributed by atoms with E-state index in [0.717, 1.165) is 16.5 Å². The second-order valence-corrected chi connectivity index (χ2v) is 11.4. The fourth-order valence-corrected chi connectivity index (χ4v) is 5.89. The summed E-state index contributed by atoms with van der Waals surface area (Å²) in [6.45, 7) is 5.70. The number of ether oxygens (including phenoxy) is 5. The normalized spacial score (nSPS) is 16.5. The summed E-state index contributed by atoms with van der Waals surface area (Å²) in [6.07, 6.45) is 0.422. The average molecular weight is 658 g/mol. The van der Waals surface area contributed by atoms with Gasteiger partial charge in [-0.25, -0.2) is 19.0 Å². The van der Waals surface area contributed by atoms with Crippen LogP contribution in [0.1, 0.15) is 47.6 Å². The molecule has 5 rings (SSSR count). The summed E-state index contributed by atoms with van der Waals surface area (Å²) >= 11 is 0. The highest BCUT2D eigenvalue weighted by Crippen LogP contribution is 2.39. The summed E-state index contributed by atoms with van der Waals surface area (Å²) in [6, 6.07) is 4.91. The van der Waals surface area contributed by atoms with Gasteiger partial charge in [0.1, 0.15) is 19.0 Å². The van der Waals surface area contributed by atoms with Crippen molar-refractivity contribution < 1.29 is 47.9 Å². The lowest BCUT2D eigenvalue weighted by molar-refractivity contribution is -0.172. The number of pyridine rings is 2. The Hall–Kier alpha value is -3.95. The maximum Gasteiger partial charge on any atom is 0.407 e. The molecule has 3 aromatic rings. The molecule has 0 unspecified atom stereocenters. The van der Waals surface area contributed by atoms with Crippen LogP contribution < -0.4 is 10.9 Å². The molecule has 4 heterocycles. The van der Waals surface area contributed by atoms with E-state index < -0.39 is 23.5 Å². The number of aliphatic hydroxyl groups is 2. The molecule has 0 radical (unpaired) electrons. The van der Waals surface area contributed by atoms with E-state index in [1.54, 1.807) is 24.5 Å². The van der Waals surface area contributed by atoms with E-state index in [0.29, 0.717) is 68.3 Å². The Kier molecular flexibility index (Phi) is 11.2. The predicted octanol–water partition coefficient (Wildman–Crippen LogP) is 2.23. The Morgan fingerprint density at radius 3 is 2.49 bits per heavy atom. The van der Waals surface area contributed by atoms with Crippen molar-refractivity contribution in [2.24, 2.45) is 0 Å². The Morgan fingerprint density at radius 2 is 1.79 bits per heavy atom. The number of esters is 1. The molecule has 0 bridgehead atoms. The summed E-state index contributed by atoms with van der Waals surface area (Å²) in [5.74, 6) is -1.21. The van der Waals surface area contributed by atoms with Crippen molar-refractivity contribution in [2.75, 3.05) is 59.4 Å². The number of aryl methyl sites for hydroxylation is 1.